The van der Waals surface area contributed by atoms with Gasteiger partial charge in [-0.05, 0) is 35.9 Å². The molecule has 2 heterocycles. The molecule has 2 N–H and O–H groups in total. The maximum atomic E-state index is 11.9. The average molecular weight is 302 g/mol. The molecule has 110 valence electrons. The number of benzene rings is 1. The summed E-state index contributed by atoms with van der Waals surface area (Å²) in [5.41, 5.74) is 1.15. The molecular formula is C16H18N2O2S. The Labute approximate surface area is 128 Å². The normalized spacial score (nSPS) is 16.7. The van der Waals surface area contributed by atoms with Crippen molar-refractivity contribution in [3.63, 3.8) is 0 Å². The molecule has 0 saturated heterocycles. The number of fused-ring (bicyclic) bond motifs is 1. The van der Waals surface area contributed by atoms with Gasteiger partial charge in [0.15, 0.2) is 0 Å². The molecule has 1 aliphatic rings. The Morgan fingerprint density at radius 1 is 1.29 bits per heavy atom. The molecule has 0 fully saturated rings. The highest BCUT2D eigenvalue weighted by molar-refractivity contribution is 7.09. The fraction of sp³-hybridized carbons (Fsp3) is 0.312. The Hall–Kier alpha value is -2.01. The molecule has 0 bridgehead atoms. The van der Waals surface area contributed by atoms with Crippen LogP contribution in [0.5, 0.6) is 5.75 Å². The van der Waals surface area contributed by atoms with E-state index in [4.69, 9.17) is 4.74 Å². The minimum Gasteiger partial charge on any atom is -0.491 e. The van der Waals surface area contributed by atoms with E-state index in [1.165, 1.54) is 4.88 Å². The van der Waals surface area contributed by atoms with E-state index < -0.39 is 0 Å². The van der Waals surface area contributed by atoms with E-state index in [-0.39, 0.29) is 12.1 Å². The number of rotatable bonds is 4. The number of nitrogens with one attached hydrogen (secondary N) is 2. The zero-order chi connectivity index (χ0) is 14.5. The van der Waals surface area contributed by atoms with Crippen molar-refractivity contribution in [2.45, 2.75) is 18.9 Å². The van der Waals surface area contributed by atoms with E-state index in [0.29, 0.717) is 13.2 Å². The predicted molar refractivity (Wildman–Crippen MR) is 84.0 cm³/mol. The van der Waals surface area contributed by atoms with Crippen LogP contribution in [-0.4, -0.2) is 25.2 Å². The molecule has 4 nitrogen and oxygen atoms in total. The van der Waals surface area contributed by atoms with Crippen molar-refractivity contribution < 1.29 is 9.53 Å². The predicted octanol–water partition coefficient (Wildman–Crippen LogP) is 2.59. The number of urea groups is 1. The quantitative estimate of drug-likeness (QED) is 0.912. The number of thiophene rings is 1. The lowest BCUT2D eigenvalue weighted by Gasteiger charge is -2.26. The topological polar surface area (TPSA) is 50.4 Å². The van der Waals surface area contributed by atoms with E-state index >= 15 is 0 Å². The van der Waals surface area contributed by atoms with Gasteiger partial charge in [0.05, 0.1) is 6.04 Å². The second kappa shape index (κ2) is 6.63. The number of carbonyl (C=O) groups excluding carboxylic acids is 1. The highest BCUT2D eigenvalue weighted by Gasteiger charge is 2.20. The largest absolute Gasteiger partial charge is 0.491 e. The molecule has 1 atom stereocenters. The van der Waals surface area contributed by atoms with E-state index in [1.807, 2.05) is 35.7 Å². The summed E-state index contributed by atoms with van der Waals surface area (Å²) in [5, 5.41) is 7.91. The van der Waals surface area contributed by atoms with Gasteiger partial charge in [0.1, 0.15) is 12.4 Å². The van der Waals surface area contributed by atoms with Gasteiger partial charge in [-0.3, -0.25) is 0 Å². The third-order valence-corrected chi connectivity index (χ3v) is 4.39. The molecule has 1 aliphatic heterocycles. The van der Waals surface area contributed by atoms with Crippen LogP contribution in [0.15, 0.2) is 41.8 Å². The Balaban J connectivity index is 1.43. The maximum Gasteiger partial charge on any atom is 0.315 e. The molecule has 3 rings (SSSR count). The zero-order valence-corrected chi connectivity index (χ0v) is 12.5. The summed E-state index contributed by atoms with van der Waals surface area (Å²) in [6, 6.07) is 12.0. The van der Waals surface area contributed by atoms with Gasteiger partial charge in [0.25, 0.3) is 0 Å². The van der Waals surface area contributed by atoms with Crippen LogP contribution in [0.2, 0.25) is 0 Å². The number of amides is 2. The van der Waals surface area contributed by atoms with Crippen LogP contribution < -0.4 is 15.4 Å². The van der Waals surface area contributed by atoms with Crippen molar-refractivity contribution in [2.75, 3.05) is 13.2 Å². The first kappa shape index (κ1) is 13.9. The lowest BCUT2D eigenvalue weighted by Crippen LogP contribution is -2.47. The number of hydrogen-bond acceptors (Lipinski definition) is 3. The molecule has 21 heavy (non-hydrogen) atoms. The van der Waals surface area contributed by atoms with Gasteiger partial charge >= 0.3 is 6.03 Å². The molecule has 5 heteroatoms. The minimum absolute atomic E-state index is 0.0293. The molecule has 0 spiro atoms. The summed E-state index contributed by atoms with van der Waals surface area (Å²) in [5.74, 6) is 0.925. The first-order valence-corrected chi connectivity index (χ1v) is 7.96. The van der Waals surface area contributed by atoms with Crippen molar-refractivity contribution in [1.29, 1.82) is 0 Å². The molecular weight excluding hydrogens is 284 g/mol. The van der Waals surface area contributed by atoms with Crippen molar-refractivity contribution in [2.24, 2.45) is 0 Å². The van der Waals surface area contributed by atoms with E-state index in [2.05, 4.69) is 16.7 Å². The summed E-state index contributed by atoms with van der Waals surface area (Å²) in [6.45, 7) is 1.17. The Morgan fingerprint density at radius 2 is 2.19 bits per heavy atom. The van der Waals surface area contributed by atoms with Crippen molar-refractivity contribution in [1.82, 2.24) is 10.6 Å². The molecule has 0 unspecified atom stereocenters. The van der Waals surface area contributed by atoms with Crippen LogP contribution in [0.25, 0.3) is 0 Å². The molecule has 0 aliphatic carbocycles. The lowest BCUT2D eigenvalue weighted by molar-refractivity contribution is 0.214. The van der Waals surface area contributed by atoms with Crippen LogP contribution >= 0.6 is 11.3 Å². The summed E-state index contributed by atoms with van der Waals surface area (Å²) < 4.78 is 5.66. The minimum atomic E-state index is -0.125. The highest BCUT2D eigenvalue weighted by atomic mass is 32.1. The van der Waals surface area contributed by atoms with Gasteiger partial charge in [0.2, 0.25) is 0 Å². The van der Waals surface area contributed by atoms with Crippen LogP contribution in [0, 0.1) is 0 Å². The number of carbonyl (C=O) groups is 1. The Morgan fingerprint density at radius 3 is 3.05 bits per heavy atom. The molecule has 2 amide bonds. The summed E-state index contributed by atoms with van der Waals surface area (Å²) in [4.78, 5) is 13.2. The van der Waals surface area contributed by atoms with Gasteiger partial charge in [0, 0.05) is 11.4 Å². The van der Waals surface area contributed by atoms with Gasteiger partial charge in [-0.1, -0.05) is 24.3 Å². The summed E-state index contributed by atoms with van der Waals surface area (Å²) in [6.07, 6.45) is 1.68. The molecule has 0 saturated carbocycles. The Kier molecular flexibility index (Phi) is 4.40. The fourth-order valence-corrected chi connectivity index (χ4v) is 3.12. The van der Waals surface area contributed by atoms with Gasteiger partial charge in [-0.15, -0.1) is 11.3 Å². The molecule has 0 radical (unpaired) electrons. The van der Waals surface area contributed by atoms with Crippen molar-refractivity contribution in [3.8, 4) is 5.75 Å². The summed E-state index contributed by atoms with van der Waals surface area (Å²) >= 11 is 1.71. The standard InChI is InChI=1S/C16H18N2O2S/c19-16(17-8-7-14-5-3-9-21-14)18-13-10-12-4-1-2-6-15(12)20-11-13/h1-6,9,13H,7-8,10-11H2,(H2,17,18,19)/t13-/m1/s1. The lowest BCUT2D eigenvalue weighted by atomic mass is 10.0. The van der Waals surface area contributed by atoms with Gasteiger partial charge in [-0.2, -0.15) is 0 Å². The second-order valence-electron chi connectivity index (χ2n) is 5.05. The summed E-state index contributed by atoms with van der Waals surface area (Å²) in [7, 11) is 0. The first-order valence-electron chi connectivity index (χ1n) is 7.09. The van der Waals surface area contributed by atoms with Crippen molar-refractivity contribution >= 4 is 17.4 Å². The number of para-hydroxylation sites is 1. The first-order chi connectivity index (χ1) is 10.3. The third-order valence-electron chi connectivity index (χ3n) is 3.45. The number of ether oxygens (including phenoxy) is 1. The van der Waals surface area contributed by atoms with E-state index in [9.17, 15) is 4.79 Å². The SMILES string of the molecule is O=C(NCCc1cccs1)N[C@H]1COc2ccccc2C1. The smallest absolute Gasteiger partial charge is 0.315 e. The maximum absolute atomic E-state index is 11.9. The van der Waals surface area contributed by atoms with Crippen molar-refractivity contribution in [3.05, 3.63) is 52.2 Å². The molecule has 1 aromatic heterocycles. The molecule has 1 aromatic carbocycles. The third kappa shape index (κ3) is 3.76. The second-order valence-corrected chi connectivity index (χ2v) is 6.08. The van der Waals surface area contributed by atoms with E-state index in [0.717, 1.165) is 24.2 Å². The fourth-order valence-electron chi connectivity index (χ4n) is 2.41. The molecule has 2 aromatic rings. The Bertz CT molecular complexity index is 598. The van der Waals surface area contributed by atoms with Crippen LogP contribution in [0.4, 0.5) is 4.79 Å². The van der Waals surface area contributed by atoms with Gasteiger partial charge in [-0.25, -0.2) is 4.79 Å². The zero-order valence-electron chi connectivity index (χ0n) is 11.7. The highest BCUT2D eigenvalue weighted by Crippen LogP contribution is 2.23. The van der Waals surface area contributed by atoms with Gasteiger partial charge < -0.3 is 15.4 Å². The average Bonchev–Trinajstić information content (AvgIpc) is 3.00. The van der Waals surface area contributed by atoms with Crippen LogP contribution in [0.3, 0.4) is 0 Å². The van der Waals surface area contributed by atoms with Crippen LogP contribution in [0.1, 0.15) is 10.4 Å². The van der Waals surface area contributed by atoms with Crippen LogP contribution in [-0.2, 0) is 12.8 Å². The number of hydrogen-bond donors (Lipinski definition) is 2. The van der Waals surface area contributed by atoms with E-state index in [1.54, 1.807) is 11.3 Å². The monoisotopic (exact) mass is 302 g/mol.